The summed E-state index contributed by atoms with van der Waals surface area (Å²) >= 11 is 0. The Kier molecular flexibility index (Phi) is 3.98. The van der Waals surface area contributed by atoms with E-state index < -0.39 is 0 Å². The number of H-pyrrole nitrogens is 1. The van der Waals surface area contributed by atoms with Gasteiger partial charge in [-0.2, -0.15) is 0 Å². The molecule has 5 nitrogen and oxygen atoms in total. The molecule has 0 bridgehead atoms. The summed E-state index contributed by atoms with van der Waals surface area (Å²) in [5.74, 6) is 0.170. The number of likely N-dealkylation sites (N-methyl/N-ethyl adjacent to an activating group) is 1. The Labute approximate surface area is 129 Å². The summed E-state index contributed by atoms with van der Waals surface area (Å²) in [6.07, 6.45) is 2.95. The lowest BCUT2D eigenvalue weighted by atomic mass is 10.1. The second-order valence-corrected chi connectivity index (χ2v) is 6.10. The van der Waals surface area contributed by atoms with Gasteiger partial charge in [0, 0.05) is 29.7 Å². The Morgan fingerprint density at radius 1 is 1.36 bits per heavy atom. The van der Waals surface area contributed by atoms with Gasteiger partial charge in [0.05, 0.1) is 12.5 Å². The fourth-order valence-corrected chi connectivity index (χ4v) is 3.31. The molecule has 0 spiro atoms. The first-order valence-electron chi connectivity index (χ1n) is 7.59. The number of aromatic nitrogens is 1. The van der Waals surface area contributed by atoms with Crippen molar-refractivity contribution >= 4 is 22.6 Å². The molecule has 1 aromatic carbocycles. The van der Waals surface area contributed by atoms with E-state index >= 15 is 0 Å². The van der Waals surface area contributed by atoms with Crippen LogP contribution >= 0.6 is 0 Å². The van der Waals surface area contributed by atoms with E-state index in [-0.39, 0.29) is 23.8 Å². The van der Waals surface area contributed by atoms with Gasteiger partial charge in [0.2, 0.25) is 5.91 Å². The van der Waals surface area contributed by atoms with Crippen LogP contribution in [0.2, 0.25) is 0 Å². The molecule has 2 N–H and O–H groups in total. The van der Waals surface area contributed by atoms with Gasteiger partial charge in [-0.15, -0.1) is 0 Å². The molecule has 1 aliphatic rings. The van der Waals surface area contributed by atoms with E-state index in [1.54, 1.807) is 6.92 Å². The molecule has 1 saturated heterocycles. The number of fused-ring (bicyclic) bond motifs is 1. The zero-order valence-corrected chi connectivity index (χ0v) is 12.9. The van der Waals surface area contributed by atoms with Crippen LogP contribution in [0, 0.1) is 0 Å². The molecule has 0 aliphatic carbocycles. The number of carbonyl (C=O) groups is 2. The van der Waals surface area contributed by atoms with Crippen molar-refractivity contribution < 1.29 is 9.59 Å². The average molecular weight is 299 g/mol. The van der Waals surface area contributed by atoms with Crippen LogP contribution in [0.4, 0.5) is 0 Å². The molecule has 1 fully saturated rings. The third-order valence-corrected chi connectivity index (χ3v) is 4.41. The number of benzene rings is 1. The van der Waals surface area contributed by atoms with Crippen LogP contribution < -0.4 is 5.32 Å². The van der Waals surface area contributed by atoms with E-state index in [0.29, 0.717) is 12.8 Å². The summed E-state index contributed by atoms with van der Waals surface area (Å²) in [6, 6.07) is 7.94. The van der Waals surface area contributed by atoms with Crippen LogP contribution in [-0.2, 0) is 16.0 Å². The maximum absolute atomic E-state index is 12.3. The highest BCUT2D eigenvalue weighted by atomic mass is 16.1. The smallest absolute Gasteiger partial charge is 0.224 e. The van der Waals surface area contributed by atoms with E-state index in [0.717, 1.165) is 23.0 Å². The lowest BCUT2D eigenvalue weighted by molar-refractivity contribution is -0.122. The molecule has 116 valence electrons. The minimum absolute atomic E-state index is 0.00681. The first-order chi connectivity index (χ1) is 10.5. The SMILES string of the molecule is CC(=O)[C@H]1C[C@@H](NC(=O)Cc2c[nH]c3ccccc23)CN1C. The number of aromatic amines is 1. The standard InChI is InChI=1S/C17H21N3O2/c1-11(21)16-8-13(10-20(16)2)19-17(22)7-12-9-18-15-6-4-3-5-14(12)15/h3-6,9,13,16,18H,7-8,10H2,1-2H3,(H,19,22)/t13-,16-/m1/s1. The Morgan fingerprint density at radius 3 is 2.86 bits per heavy atom. The molecule has 22 heavy (non-hydrogen) atoms. The number of nitrogens with zero attached hydrogens (tertiary/aromatic N) is 1. The number of Topliss-reactive ketones (excluding diaryl/α,β-unsaturated/α-hetero) is 1. The quantitative estimate of drug-likeness (QED) is 0.899. The van der Waals surface area contributed by atoms with Crippen LogP contribution in [-0.4, -0.2) is 47.3 Å². The third-order valence-electron chi connectivity index (χ3n) is 4.41. The van der Waals surface area contributed by atoms with E-state index in [2.05, 4.69) is 10.3 Å². The molecule has 2 heterocycles. The van der Waals surface area contributed by atoms with Crippen LogP contribution in [0.25, 0.3) is 10.9 Å². The Bertz CT molecular complexity index is 707. The summed E-state index contributed by atoms with van der Waals surface area (Å²) in [7, 11) is 1.93. The summed E-state index contributed by atoms with van der Waals surface area (Å²) < 4.78 is 0. The minimum Gasteiger partial charge on any atom is -0.361 e. The molecule has 1 amide bonds. The number of carbonyl (C=O) groups excluding carboxylic acids is 2. The highest BCUT2D eigenvalue weighted by molar-refractivity contribution is 5.89. The first kappa shape index (κ1) is 14.8. The normalized spacial score (nSPS) is 22.1. The molecule has 0 unspecified atom stereocenters. The number of likely N-dealkylation sites (tertiary alicyclic amines) is 1. The van der Waals surface area contributed by atoms with Gasteiger partial charge in [0.15, 0.2) is 0 Å². The van der Waals surface area contributed by atoms with Crippen LogP contribution in [0.3, 0.4) is 0 Å². The van der Waals surface area contributed by atoms with Crippen molar-refractivity contribution in [2.75, 3.05) is 13.6 Å². The van der Waals surface area contributed by atoms with Crippen molar-refractivity contribution in [2.45, 2.75) is 31.8 Å². The Hall–Kier alpha value is -2.14. The predicted octanol–water partition coefficient (Wildman–Crippen LogP) is 1.49. The maximum atomic E-state index is 12.3. The molecule has 0 radical (unpaired) electrons. The van der Waals surface area contributed by atoms with Gasteiger partial charge in [-0.3, -0.25) is 14.5 Å². The summed E-state index contributed by atoms with van der Waals surface area (Å²) in [4.78, 5) is 29.0. The Balaban J connectivity index is 1.63. The van der Waals surface area contributed by atoms with Crippen molar-refractivity contribution in [3.8, 4) is 0 Å². The highest BCUT2D eigenvalue weighted by Crippen LogP contribution is 2.19. The Morgan fingerprint density at radius 2 is 2.14 bits per heavy atom. The molecular formula is C17H21N3O2. The number of hydrogen-bond acceptors (Lipinski definition) is 3. The van der Waals surface area contributed by atoms with Crippen molar-refractivity contribution in [3.05, 3.63) is 36.0 Å². The first-order valence-corrected chi connectivity index (χ1v) is 7.59. The number of rotatable bonds is 4. The van der Waals surface area contributed by atoms with Crippen molar-refractivity contribution in [2.24, 2.45) is 0 Å². The predicted molar refractivity (Wildman–Crippen MR) is 85.6 cm³/mol. The molecule has 2 aromatic rings. The number of nitrogens with one attached hydrogen (secondary N) is 2. The van der Waals surface area contributed by atoms with Crippen LogP contribution in [0.1, 0.15) is 18.9 Å². The van der Waals surface area contributed by atoms with Gasteiger partial charge in [-0.05, 0) is 32.0 Å². The van der Waals surface area contributed by atoms with E-state index in [9.17, 15) is 9.59 Å². The molecule has 5 heteroatoms. The largest absolute Gasteiger partial charge is 0.361 e. The van der Waals surface area contributed by atoms with Gasteiger partial charge in [-0.1, -0.05) is 18.2 Å². The number of amides is 1. The van der Waals surface area contributed by atoms with Gasteiger partial charge in [0.25, 0.3) is 0 Å². The molecule has 1 aliphatic heterocycles. The van der Waals surface area contributed by atoms with E-state index in [1.807, 2.05) is 42.4 Å². The molecule has 1 aromatic heterocycles. The highest BCUT2D eigenvalue weighted by Gasteiger charge is 2.33. The summed E-state index contributed by atoms with van der Waals surface area (Å²) in [5, 5.41) is 4.14. The van der Waals surface area contributed by atoms with Gasteiger partial charge < -0.3 is 10.3 Å². The van der Waals surface area contributed by atoms with Crippen molar-refractivity contribution in [1.29, 1.82) is 0 Å². The number of hydrogen-bond donors (Lipinski definition) is 2. The minimum atomic E-state index is -0.0709. The van der Waals surface area contributed by atoms with Crippen LogP contribution in [0.15, 0.2) is 30.5 Å². The van der Waals surface area contributed by atoms with Gasteiger partial charge >= 0.3 is 0 Å². The van der Waals surface area contributed by atoms with Gasteiger partial charge in [0.1, 0.15) is 5.78 Å². The number of para-hydroxylation sites is 1. The average Bonchev–Trinajstić information content (AvgIpc) is 3.03. The lowest BCUT2D eigenvalue weighted by Crippen LogP contribution is -2.37. The lowest BCUT2D eigenvalue weighted by Gasteiger charge is -2.14. The maximum Gasteiger partial charge on any atom is 0.224 e. The molecule has 3 rings (SSSR count). The molecule has 0 saturated carbocycles. The van der Waals surface area contributed by atoms with Crippen molar-refractivity contribution in [3.63, 3.8) is 0 Å². The second kappa shape index (κ2) is 5.93. The molecular weight excluding hydrogens is 278 g/mol. The van der Waals surface area contributed by atoms with Crippen molar-refractivity contribution in [1.82, 2.24) is 15.2 Å². The summed E-state index contributed by atoms with van der Waals surface area (Å²) in [5.41, 5.74) is 2.05. The zero-order chi connectivity index (χ0) is 15.7. The monoisotopic (exact) mass is 299 g/mol. The topological polar surface area (TPSA) is 65.2 Å². The number of ketones is 1. The summed E-state index contributed by atoms with van der Waals surface area (Å²) in [6.45, 7) is 2.33. The van der Waals surface area contributed by atoms with Crippen LogP contribution in [0.5, 0.6) is 0 Å². The fourth-order valence-electron chi connectivity index (χ4n) is 3.31. The molecule has 2 atom stereocenters. The zero-order valence-electron chi connectivity index (χ0n) is 12.9. The van der Waals surface area contributed by atoms with Gasteiger partial charge in [-0.25, -0.2) is 0 Å². The fraction of sp³-hybridized carbons (Fsp3) is 0.412. The second-order valence-electron chi connectivity index (χ2n) is 6.10. The third kappa shape index (κ3) is 2.90. The van der Waals surface area contributed by atoms with E-state index in [4.69, 9.17) is 0 Å². The van der Waals surface area contributed by atoms with E-state index in [1.165, 1.54) is 0 Å².